The van der Waals surface area contributed by atoms with Gasteiger partial charge in [-0.05, 0) is 53.2 Å². The molecule has 5 heterocycles. The molecule has 0 atom stereocenters. The van der Waals surface area contributed by atoms with Crippen LogP contribution in [-0.4, -0.2) is 18.8 Å². The van der Waals surface area contributed by atoms with E-state index in [1.807, 2.05) is 0 Å². The molecule has 0 unspecified atom stereocenters. The van der Waals surface area contributed by atoms with Crippen LogP contribution in [0.3, 0.4) is 0 Å². The summed E-state index contributed by atoms with van der Waals surface area (Å²) < 4.78 is 4.72. The standard InChI is InChI=1S/C44H25N5/c1-3-14-27(15-4-1)47(28-16-5-2-6-17-28)36-24-12-21-31-30-20-11-22-33-38-44(49(40(30)33)41(31)36)46-39-34-25-26-13-7-8-18-29(26)37-32-19-9-10-23-35(32)48(42(34)37)43(39)45-38/h1-25H. The van der Waals surface area contributed by atoms with Gasteiger partial charge in [-0.25, -0.2) is 9.97 Å². The smallest absolute Gasteiger partial charge is 0.165 e. The van der Waals surface area contributed by atoms with Gasteiger partial charge in [0.05, 0.1) is 27.8 Å². The Kier molecular flexibility index (Phi) is 4.66. The highest BCUT2D eigenvalue weighted by molar-refractivity contribution is 6.31. The maximum absolute atomic E-state index is 5.63. The van der Waals surface area contributed by atoms with E-state index in [0.29, 0.717) is 0 Å². The molecular formula is C44H25N5. The monoisotopic (exact) mass is 623 g/mol. The number of hydrogen-bond donors (Lipinski definition) is 0. The molecule has 0 amide bonds. The van der Waals surface area contributed by atoms with Gasteiger partial charge in [-0.3, -0.25) is 8.80 Å². The van der Waals surface area contributed by atoms with E-state index in [0.717, 1.165) is 66.7 Å². The van der Waals surface area contributed by atoms with Crippen LogP contribution in [0.1, 0.15) is 0 Å². The van der Waals surface area contributed by atoms with E-state index < -0.39 is 0 Å². The second-order valence-electron chi connectivity index (χ2n) is 13.0. The lowest BCUT2D eigenvalue weighted by molar-refractivity contribution is 1.23. The van der Waals surface area contributed by atoms with Crippen molar-refractivity contribution in [2.45, 2.75) is 0 Å². The van der Waals surface area contributed by atoms with Crippen molar-refractivity contribution in [3.05, 3.63) is 152 Å². The first kappa shape index (κ1) is 25.4. The lowest BCUT2D eigenvalue weighted by Gasteiger charge is -2.26. The van der Waals surface area contributed by atoms with E-state index >= 15 is 0 Å². The van der Waals surface area contributed by atoms with E-state index in [-0.39, 0.29) is 0 Å². The predicted molar refractivity (Wildman–Crippen MR) is 204 cm³/mol. The summed E-state index contributed by atoms with van der Waals surface area (Å²) in [6.45, 7) is 0. The molecule has 0 N–H and O–H groups in total. The highest BCUT2D eigenvalue weighted by Gasteiger charge is 2.27. The van der Waals surface area contributed by atoms with E-state index in [1.165, 1.54) is 37.8 Å². The Morgan fingerprint density at radius 2 is 0.980 bits per heavy atom. The molecule has 0 bridgehead atoms. The van der Waals surface area contributed by atoms with Crippen molar-refractivity contribution >= 4 is 105 Å². The second-order valence-corrected chi connectivity index (χ2v) is 13.0. The molecule has 0 saturated carbocycles. The van der Waals surface area contributed by atoms with Crippen LogP contribution in [0, 0.1) is 0 Å². The highest BCUT2D eigenvalue weighted by Crippen LogP contribution is 2.47. The van der Waals surface area contributed by atoms with E-state index in [2.05, 4.69) is 165 Å². The van der Waals surface area contributed by atoms with Crippen LogP contribution in [0.25, 0.3) is 87.5 Å². The molecule has 5 heteroatoms. The number of fused-ring (bicyclic) bond motifs is 14. The van der Waals surface area contributed by atoms with Gasteiger partial charge in [-0.2, -0.15) is 0 Å². The van der Waals surface area contributed by atoms with Crippen molar-refractivity contribution in [1.82, 2.24) is 18.8 Å². The van der Waals surface area contributed by atoms with Gasteiger partial charge >= 0.3 is 0 Å². The molecule has 0 fully saturated rings. The Morgan fingerprint density at radius 3 is 1.76 bits per heavy atom. The SMILES string of the molecule is c1ccc(N(c2ccccc2)c2cccc3c4cccc5c6nc7c(nc6n(c23)c45)c2cc3ccccc3c3c4ccccc4n7c23)cc1. The van der Waals surface area contributed by atoms with Crippen molar-refractivity contribution < 1.29 is 0 Å². The molecule has 5 aromatic heterocycles. The Bertz CT molecular complexity index is 3230. The lowest BCUT2D eigenvalue weighted by Crippen LogP contribution is -2.10. The summed E-state index contributed by atoms with van der Waals surface area (Å²) in [6.07, 6.45) is 0. The third-order valence-corrected chi connectivity index (χ3v) is 10.5. The topological polar surface area (TPSA) is 37.8 Å². The number of aromatic nitrogens is 4. The van der Waals surface area contributed by atoms with Gasteiger partial charge in [0.15, 0.2) is 11.3 Å². The molecule has 7 aromatic carbocycles. The third kappa shape index (κ3) is 3.10. The van der Waals surface area contributed by atoms with Crippen molar-refractivity contribution in [2.24, 2.45) is 0 Å². The minimum atomic E-state index is 0.879. The molecule has 49 heavy (non-hydrogen) atoms. The molecule has 0 aliphatic heterocycles. The third-order valence-electron chi connectivity index (χ3n) is 10.5. The van der Waals surface area contributed by atoms with Crippen LogP contribution in [0.5, 0.6) is 0 Å². The summed E-state index contributed by atoms with van der Waals surface area (Å²) in [7, 11) is 0. The molecule has 5 nitrogen and oxygen atoms in total. The Hall–Kier alpha value is -6.72. The van der Waals surface area contributed by atoms with Crippen molar-refractivity contribution in [3.63, 3.8) is 0 Å². The first-order chi connectivity index (χ1) is 24.3. The average Bonchev–Trinajstić information content (AvgIpc) is 3.88. The van der Waals surface area contributed by atoms with Crippen LogP contribution in [0.4, 0.5) is 17.1 Å². The number of benzene rings is 7. The summed E-state index contributed by atoms with van der Waals surface area (Å²) in [4.78, 5) is 13.5. The van der Waals surface area contributed by atoms with Gasteiger partial charge in [-0.1, -0.05) is 109 Å². The van der Waals surface area contributed by atoms with Crippen LogP contribution in [0.15, 0.2) is 152 Å². The Morgan fingerprint density at radius 1 is 0.408 bits per heavy atom. The number of rotatable bonds is 3. The van der Waals surface area contributed by atoms with Gasteiger partial charge < -0.3 is 4.90 Å². The molecule has 0 aliphatic carbocycles. The van der Waals surface area contributed by atoms with Crippen molar-refractivity contribution in [1.29, 1.82) is 0 Å². The van der Waals surface area contributed by atoms with E-state index in [1.54, 1.807) is 0 Å². The van der Waals surface area contributed by atoms with Crippen molar-refractivity contribution in [2.75, 3.05) is 4.90 Å². The Balaban J connectivity index is 1.29. The molecule has 12 rings (SSSR count). The molecule has 0 saturated heterocycles. The average molecular weight is 624 g/mol. The van der Waals surface area contributed by atoms with Crippen LogP contribution >= 0.6 is 0 Å². The summed E-state index contributed by atoms with van der Waals surface area (Å²) in [5.74, 6) is 0. The molecular weight excluding hydrogens is 599 g/mol. The zero-order chi connectivity index (χ0) is 31.8. The first-order valence-corrected chi connectivity index (χ1v) is 16.7. The number of anilines is 3. The molecule has 12 aromatic rings. The maximum atomic E-state index is 5.63. The highest BCUT2D eigenvalue weighted by atomic mass is 15.2. The molecule has 0 radical (unpaired) electrons. The van der Waals surface area contributed by atoms with Gasteiger partial charge in [0.2, 0.25) is 0 Å². The fraction of sp³-hybridized carbons (Fsp3) is 0. The molecule has 0 spiro atoms. The largest absolute Gasteiger partial charge is 0.308 e. The first-order valence-electron chi connectivity index (χ1n) is 16.7. The quantitative estimate of drug-likeness (QED) is 0.197. The van der Waals surface area contributed by atoms with Crippen LogP contribution in [0.2, 0.25) is 0 Å². The summed E-state index contributed by atoms with van der Waals surface area (Å²) in [6, 6.07) is 54.2. The zero-order valence-corrected chi connectivity index (χ0v) is 26.2. The fourth-order valence-corrected chi connectivity index (χ4v) is 8.60. The summed E-state index contributed by atoms with van der Waals surface area (Å²) in [5, 5.41) is 9.63. The van der Waals surface area contributed by atoms with E-state index in [4.69, 9.17) is 9.97 Å². The predicted octanol–water partition coefficient (Wildman–Crippen LogP) is 11.4. The van der Waals surface area contributed by atoms with Crippen molar-refractivity contribution in [3.8, 4) is 0 Å². The van der Waals surface area contributed by atoms with Gasteiger partial charge in [0, 0.05) is 43.7 Å². The van der Waals surface area contributed by atoms with E-state index in [9.17, 15) is 0 Å². The summed E-state index contributed by atoms with van der Waals surface area (Å²) in [5.41, 5.74) is 11.6. The Labute approximate surface area is 279 Å². The van der Waals surface area contributed by atoms with Crippen LogP contribution < -0.4 is 4.90 Å². The fourth-order valence-electron chi connectivity index (χ4n) is 8.60. The number of para-hydroxylation sites is 5. The van der Waals surface area contributed by atoms with Crippen LogP contribution in [-0.2, 0) is 0 Å². The normalized spacial score (nSPS) is 12.5. The lowest BCUT2D eigenvalue weighted by atomic mass is 10.0. The molecule has 226 valence electrons. The minimum Gasteiger partial charge on any atom is -0.308 e. The van der Waals surface area contributed by atoms with Gasteiger partial charge in [0.1, 0.15) is 11.0 Å². The summed E-state index contributed by atoms with van der Waals surface area (Å²) >= 11 is 0. The maximum Gasteiger partial charge on any atom is 0.165 e. The van der Waals surface area contributed by atoms with Gasteiger partial charge in [0.25, 0.3) is 0 Å². The number of hydrogen-bond acceptors (Lipinski definition) is 3. The number of nitrogens with zero attached hydrogens (tertiary/aromatic N) is 5. The zero-order valence-electron chi connectivity index (χ0n) is 26.2. The second kappa shape index (κ2) is 9.00. The minimum absolute atomic E-state index is 0.879. The molecule has 0 aliphatic rings. The van der Waals surface area contributed by atoms with Gasteiger partial charge in [-0.15, -0.1) is 0 Å².